The molecule has 2 aromatic carbocycles. The molecule has 0 aliphatic carbocycles. The van der Waals surface area contributed by atoms with E-state index in [0.717, 1.165) is 6.08 Å². The Morgan fingerprint density at radius 1 is 1.00 bits per heavy atom. The van der Waals surface area contributed by atoms with Gasteiger partial charge in [-0.25, -0.2) is 0 Å². The molecule has 24 heavy (non-hydrogen) atoms. The number of alkyl halides is 3. The summed E-state index contributed by atoms with van der Waals surface area (Å²) in [6, 6.07) is 14.0. The fourth-order valence-electron chi connectivity index (χ4n) is 2.03. The van der Waals surface area contributed by atoms with Crippen LogP contribution in [0, 0.1) is 0 Å². The minimum atomic E-state index is -4.61. The fourth-order valence-corrected chi connectivity index (χ4v) is 2.03. The number of ether oxygens (including phenoxy) is 1. The lowest BCUT2D eigenvalue weighted by Gasteiger charge is -2.11. The summed E-state index contributed by atoms with van der Waals surface area (Å²) in [6.45, 7) is 0. The van der Waals surface area contributed by atoms with E-state index >= 15 is 0 Å². The van der Waals surface area contributed by atoms with Gasteiger partial charge in [-0.15, -0.1) is 0 Å². The van der Waals surface area contributed by atoms with Crippen LogP contribution in [0.4, 0.5) is 13.2 Å². The Labute approximate surface area is 137 Å². The van der Waals surface area contributed by atoms with Crippen LogP contribution < -0.4 is 4.74 Å². The van der Waals surface area contributed by atoms with Crippen molar-refractivity contribution in [2.75, 3.05) is 7.11 Å². The van der Waals surface area contributed by atoms with Crippen molar-refractivity contribution >= 4 is 17.4 Å². The number of benzene rings is 2. The molecule has 0 heterocycles. The molecular weight excluding hydrogens is 317 g/mol. The van der Waals surface area contributed by atoms with Gasteiger partial charge in [0, 0.05) is 0 Å². The molecule has 0 aromatic heterocycles. The van der Waals surface area contributed by atoms with E-state index in [1.165, 1.54) is 37.5 Å². The number of carbonyl (C=O) groups excluding carboxylic acids is 1. The molecule has 2 rings (SSSR count). The average molecular weight is 332 g/mol. The van der Waals surface area contributed by atoms with Crippen molar-refractivity contribution in [2.45, 2.75) is 6.18 Å². The van der Waals surface area contributed by atoms with E-state index in [1.54, 1.807) is 30.3 Å². The summed E-state index contributed by atoms with van der Waals surface area (Å²) >= 11 is 0. The van der Waals surface area contributed by atoms with Crippen molar-refractivity contribution in [1.29, 1.82) is 0 Å². The van der Waals surface area contributed by atoms with Crippen LogP contribution in [-0.4, -0.2) is 19.1 Å². The highest BCUT2D eigenvalue weighted by Crippen LogP contribution is 2.33. The number of rotatable bonds is 5. The van der Waals surface area contributed by atoms with E-state index in [9.17, 15) is 18.0 Å². The van der Waals surface area contributed by atoms with Crippen LogP contribution in [0.2, 0.25) is 0 Å². The van der Waals surface area contributed by atoms with Crippen LogP contribution in [0.15, 0.2) is 66.7 Å². The predicted octanol–water partition coefficient (Wildman–Crippen LogP) is 4.92. The number of ketones is 1. The van der Waals surface area contributed by atoms with Gasteiger partial charge in [0.2, 0.25) is 0 Å². The van der Waals surface area contributed by atoms with Crippen LogP contribution in [-0.2, 0) is 4.79 Å². The molecule has 0 aliphatic heterocycles. The van der Waals surface area contributed by atoms with Crippen LogP contribution in [0.25, 0.3) is 11.6 Å². The first-order valence-corrected chi connectivity index (χ1v) is 7.10. The third-order valence-electron chi connectivity index (χ3n) is 3.23. The van der Waals surface area contributed by atoms with Crippen molar-refractivity contribution < 1.29 is 22.7 Å². The third kappa shape index (κ3) is 4.84. The number of allylic oxidation sites excluding steroid dienone is 3. The van der Waals surface area contributed by atoms with E-state index in [1.807, 2.05) is 0 Å². The van der Waals surface area contributed by atoms with Gasteiger partial charge < -0.3 is 4.74 Å². The van der Waals surface area contributed by atoms with E-state index in [0.29, 0.717) is 17.4 Å². The van der Waals surface area contributed by atoms with Crippen molar-refractivity contribution in [1.82, 2.24) is 0 Å². The number of methoxy groups -OCH3 is 1. The molecule has 0 aliphatic rings. The molecule has 2 nitrogen and oxygen atoms in total. The zero-order valence-electron chi connectivity index (χ0n) is 12.9. The molecule has 0 atom stereocenters. The maximum absolute atomic E-state index is 13.2. The molecule has 0 saturated heterocycles. The molecule has 0 N–H and O–H groups in total. The summed E-state index contributed by atoms with van der Waals surface area (Å²) in [5.74, 6) is -0.0798. The zero-order chi connectivity index (χ0) is 17.6. The second kappa shape index (κ2) is 7.64. The molecular formula is C19H15F3O2. The highest BCUT2D eigenvalue weighted by Gasteiger charge is 2.34. The lowest BCUT2D eigenvalue weighted by Crippen LogP contribution is -2.12. The third-order valence-corrected chi connectivity index (χ3v) is 3.23. The molecule has 0 bridgehead atoms. The van der Waals surface area contributed by atoms with Crippen LogP contribution in [0.1, 0.15) is 11.1 Å². The molecule has 0 amide bonds. The van der Waals surface area contributed by atoms with Gasteiger partial charge in [-0.1, -0.05) is 48.5 Å². The van der Waals surface area contributed by atoms with Gasteiger partial charge >= 0.3 is 6.18 Å². The molecule has 124 valence electrons. The standard InChI is InChI=1S/C19H15F3O2/c1-24-17-11-8-14(9-12-17)7-10-16(23)13-18(19(20,21)22)15-5-3-2-4-6-15/h2-13H,1H3. The Kier molecular flexibility index (Phi) is 5.58. The topological polar surface area (TPSA) is 26.3 Å². The Bertz CT molecular complexity index is 742. The van der Waals surface area contributed by atoms with Crippen molar-refractivity contribution in [3.8, 4) is 5.75 Å². The van der Waals surface area contributed by atoms with Gasteiger partial charge in [-0.2, -0.15) is 13.2 Å². The first kappa shape index (κ1) is 17.5. The van der Waals surface area contributed by atoms with E-state index < -0.39 is 17.5 Å². The molecule has 0 unspecified atom stereocenters. The minimum Gasteiger partial charge on any atom is -0.497 e. The monoisotopic (exact) mass is 332 g/mol. The lowest BCUT2D eigenvalue weighted by molar-refractivity contribution is -0.110. The van der Waals surface area contributed by atoms with Crippen LogP contribution in [0.3, 0.4) is 0 Å². The fraction of sp³-hybridized carbons (Fsp3) is 0.105. The van der Waals surface area contributed by atoms with Crippen molar-refractivity contribution in [2.24, 2.45) is 0 Å². The van der Waals surface area contributed by atoms with Gasteiger partial charge in [-0.3, -0.25) is 4.79 Å². The van der Waals surface area contributed by atoms with E-state index in [-0.39, 0.29) is 5.56 Å². The predicted molar refractivity (Wildman–Crippen MR) is 87.5 cm³/mol. The van der Waals surface area contributed by atoms with E-state index in [4.69, 9.17) is 4.74 Å². The quantitative estimate of drug-likeness (QED) is 0.726. The van der Waals surface area contributed by atoms with E-state index in [2.05, 4.69) is 0 Å². The summed E-state index contributed by atoms with van der Waals surface area (Å²) in [5, 5.41) is 0. The molecule has 0 radical (unpaired) electrons. The number of hydrogen-bond donors (Lipinski definition) is 0. The van der Waals surface area contributed by atoms with Gasteiger partial charge in [0.15, 0.2) is 5.78 Å². The van der Waals surface area contributed by atoms with Gasteiger partial charge in [0.25, 0.3) is 0 Å². The largest absolute Gasteiger partial charge is 0.497 e. The summed E-state index contributed by atoms with van der Waals surface area (Å²) in [7, 11) is 1.53. The Balaban J connectivity index is 2.22. The van der Waals surface area contributed by atoms with Crippen LogP contribution >= 0.6 is 0 Å². The van der Waals surface area contributed by atoms with Gasteiger partial charge in [-0.05, 0) is 35.4 Å². The molecule has 2 aromatic rings. The molecule has 0 saturated carbocycles. The first-order chi connectivity index (χ1) is 11.4. The van der Waals surface area contributed by atoms with Gasteiger partial charge in [0.05, 0.1) is 12.7 Å². The number of carbonyl (C=O) groups is 1. The van der Waals surface area contributed by atoms with Crippen LogP contribution in [0.5, 0.6) is 5.75 Å². The summed E-state index contributed by atoms with van der Waals surface area (Å²) in [6.07, 6.45) is -1.44. The summed E-state index contributed by atoms with van der Waals surface area (Å²) < 4.78 is 44.5. The summed E-state index contributed by atoms with van der Waals surface area (Å²) in [5.41, 5.74) is -0.325. The summed E-state index contributed by atoms with van der Waals surface area (Å²) in [4.78, 5) is 11.9. The smallest absolute Gasteiger partial charge is 0.417 e. The normalized spacial score (nSPS) is 12.4. The second-order valence-corrected chi connectivity index (χ2v) is 4.93. The highest BCUT2D eigenvalue weighted by atomic mass is 19.4. The van der Waals surface area contributed by atoms with Crippen molar-refractivity contribution in [3.63, 3.8) is 0 Å². The lowest BCUT2D eigenvalue weighted by atomic mass is 10.0. The SMILES string of the molecule is COc1ccc(C=CC(=O)C=C(c2ccccc2)C(F)(F)F)cc1. The number of halogens is 3. The highest BCUT2D eigenvalue weighted by molar-refractivity contribution is 6.06. The molecule has 0 fully saturated rings. The Morgan fingerprint density at radius 2 is 1.62 bits per heavy atom. The maximum atomic E-state index is 13.2. The van der Waals surface area contributed by atoms with Gasteiger partial charge in [0.1, 0.15) is 5.75 Å². The first-order valence-electron chi connectivity index (χ1n) is 7.10. The maximum Gasteiger partial charge on any atom is 0.417 e. The minimum absolute atomic E-state index is 0.0452. The second-order valence-electron chi connectivity index (χ2n) is 4.93. The Morgan fingerprint density at radius 3 is 2.17 bits per heavy atom. The Hall–Kier alpha value is -2.82. The number of hydrogen-bond acceptors (Lipinski definition) is 2. The average Bonchev–Trinajstić information content (AvgIpc) is 2.58. The van der Waals surface area contributed by atoms with Crippen molar-refractivity contribution in [3.05, 3.63) is 77.9 Å². The zero-order valence-corrected chi connectivity index (χ0v) is 12.9. The molecule has 5 heteroatoms. The molecule has 0 spiro atoms.